The summed E-state index contributed by atoms with van der Waals surface area (Å²) in [6.45, 7) is 3.84. The quantitative estimate of drug-likeness (QED) is 0.779. The fraction of sp³-hybridized carbons (Fsp3) is 0.381. The molecule has 2 aromatic heterocycles. The fourth-order valence-electron chi connectivity index (χ4n) is 4.42. The van der Waals surface area contributed by atoms with Crippen molar-refractivity contribution in [3.05, 3.63) is 53.9 Å². The van der Waals surface area contributed by atoms with E-state index in [1.54, 1.807) is 6.20 Å². The highest BCUT2D eigenvalue weighted by Gasteiger charge is 2.34. The van der Waals surface area contributed by atoms with Gasteiger partial charge in [-0.3, -0.25) is 4.98 Å². The largest absolute Gasteiger partial charge is 0.341 e. The number of fused-ring (bicyclic) bond motifs is 2. The summed E-state index contributed by atoms with van der Waals surface area (Å²) in [6.07, 6.45) is 4.15. The Hall–Kier alpha value is -2.91. The lowest BCUT2D eigenvalue weighted by atomic mass is 9.93. The van der Waals surface area contributed by atoms with Gasteiger partial charge in [0.2, 0.25) is 5.95 Å². The number of hydrogen-bond acceptors (Lipinski definition) is 5. The van der Waals surface area contributed by atoms with Gasteiger partial charge < -0.3 is 14.8 Å². The molecule has 2 aliphatic heterocycles. The molecule has 2 atom stereocenters. The second-order valence-corrected chi connectivity index (χ2v) is 7.48. The minimum atomic E-state index is 0.569. The van der Waals surface area contributed by atoms with Gasteiger partial charge in [0, 0.05) is 25.3 Å². The van der Waals surface area contributed by atoms with Crippen LogP contribution in [0.4, 0.5) is 5.95 Å². The number of nitriles is 1. The van der Waals surface area contributed by atoms with Crippen LogP contribution in [0, 0.1) is 17.2 Å². The van der Waals surface area contributed by atoms with Crippen molar-refractivity contribution in [2.75, 3.05) is 24.5 Å². The van der Waals surface area contributed by atoms with Crippen molar-refractivity contribution in [2.45, 2.75) is 25.4 Å². The Kier molecular flexibility index (Phi) is 4.02. The topological polar surface area (TPSA) is 69.8 Å². The number of nitrogens with zero attached hydrogens (tertiary/aromatic N) is 5. The standard InChI is InChI=1S/C21H22N6/c22-11-15-5-6-17(24-12-15)13-27-20-4-2-1-3-18(20)25-21(27)26-10-8-16-7-9-23-19(16)14-26/h1-6,12,16,19,23H,7-10,13-14H2/t16?,19-/m1/s1. The number of rotatable bonds is 3. The molecule has 0 aliphatic carbocycles. The Morgan fingerprint density at radius 2 is 2.11 bits per heavy atom. The lowest BCUT2D eigenvalue weighted by Gasteiger charge is -2.35. The maximum absolute atomic E-state index is 9.00. The third-order valence-electron chi connectivity index (χ3n) is 5.87. The van der Waals surface area contributed by atoms with E-state index in [9.17, 15) is 0 Å². The predicted molar refractivity (Wildman–Crippen MR) is 105 cm³/mol. The summed E-state index contributed by atoms with van der Waals surface area (Å²) in [5, 5.41) is 12.6. The highest BCUT2D eigenvalue weighted by molar-refractivity contribution is 5.79. The van der Waals surface area contributed by atoms with Crippen LogP contribution in [0.1, 0.15) is 24.1 Å². The van der Waals surface area contributed by atoms with Crippen LogP contribution in [-0.2, 0) is 6.54 Å². The highest BCUT2D eigenvalue weighted by atomic mass is 15.3. The molecule has 2 saturated heterocycles. The number of para-hydroxylation sites is 2. The summed E-state index contributed by atoms with van der Waals surface area (Å²) in [4.78, 5) is 11.8. The van der Waals surface area contributed by atoms with E-state index in [0.29, 0.717) is 18.2 Å². The van der Waals surface area contributed by atoms with Crippen molar-refractivity contribution in [2.24, 2.45) is 5.92 Å². The second-order valence-electron chi connectivity index (χ2n) is 7.48. The number of benzene rings is 1. The highest BCUT2D eigenvalue weighted by Crippen LogP contribution is 2.30. The van der Waals surface area contributed by atoms with Crippen LogP contribution in [0.25, 0.3) is 11.0 Å². The summed E-state index contributed by atoms with van der Waals surface area (Å²) in [6, 6.07) is 14.7. The molecular weight excluding hydrogens is 336 g/mol. The van der Waals surface area contributed by atoms with Crippen molar-refractivity contribution in [1.82, 2.24) is 19.9 Å². The lowest BCUT2D eigenvalue weighted by molar-refractivity contribution is 0.369. The number of nitrogens with one attached hydrogen (secondary N) is 1. The van der Waals surface area contributed by atoms with Gasteiger partial charge in [-0.1, -0.05) is 12.1 Å². The molecule has 27 heavy (non-hydrogen) atoms. The van der Waals surface area contributed by atoms with Crippen molar-refractivity contribution < 1.29 is 0 Å². The summed E-state index contributed by atoms with van der Waals surface area (Å²) >= 11 is 0. The average Bonchev–Trinajstić information content (AvgIpc) is 3.33. The number of pyridine rings is 1. The monoisotopic (exact) mass is 358 g/mol. The third-order valence-corrected chi connectivity index (χ3v) is 5.87. The van der Waals surface area contributed by atoms with Crippen molar-refractivity contribution in [3.8, 4) is 6.07 Å². The van der Waals surface area contributed by atoms with Crippen molar-refractivity contribution in [3.63, 3.8) is 0 Å². The van der Waals surface area contributed by atoms with Crippen LogP contribution in [-0.4, -0.2) is 40.2 Å². The molecule has 0 bridgehead atoms. The summed E-state index contributed by atoms with van der Waals surface area (Å²) in [5.74, 6) is 1.83. The molecular formula is C21H22N6. The molecule has 5 rings (SSSR count). The van der Waals surface area contributed by atoms with Gasteiger partial charge in [0.1, 0.15) is 6.07 Å². The van der Waals surface area contributed by atoms with Crippen LogP contribution in [0.2, 0.25) is 0 Å². The van der Waals surface area contributed by atoms with Crippen LogP contribution < -0.4 is 10.2 Å². The van der Waals surface area contributed by atoms with Crippen LogP contribution in [0.3, 0.4) is 0 Å². The maximum Gasteiger partial charge on any atom is 0.206 e. The molecule has 2 fully saturated rings. The summed E-state index contributed by atoms with van der Waals surface area (Å²) < 4.78 is 2.26. The Labute approximate surface area is 158 Å². The average molecular weight is 358 g/mol. The van der Waals surface area contributed by atoms with Crippen LogP contribution in [0.5, 0.6) is 0 Å². The number of aromatic nitrogens is 3. The van der Waals surface area contributed by atoms with Gasteiger partial charge in [-0.05, 0) is 49.6 Å². The smallest absolute Gasteiger partial charge is 0.206 e. The first-order valence-corrected chi connectivity index (χ1v) is 9.60. The molecule has 0 spiro atoms. The van der Waals surface area contributed by atoms with E-state index in [4.69, 9.17) is 10.2 Å². The zero-order valence-corrected chi connectivity index (χ0v) is 15.2. The third kappa shape index (κ3) is 2.94. The van der Waals surface area contributed by atoms with Gasteiger partial charge >= 0.3 is 0 Å². The number of hydrogen-bond donors (Lipinski definition) is 1. The SMILES string of the molecule is N#Cc1ccc(Cn2c(N3CCC4CCN[C@@H]4C3)nc3ccccc32)nc1. The molecule has 0 amide bonds. The van der Waals surface area contributed by atoms with Gasteiger partial charge in [0.15, 0.2) is 0 Å². The van der Waals surface area contributed by atoms with Gasteiger partial charge in [-0.2, -0.15) is 5.26 Å². The number of anilines is 1. The van der Waals surface area contributed by atoms with Gasteiger partial charge in [-0.15, -0.1) is 0 Å². The first-order valence-electron chi connectivity index (χ1n) is 9.60. The van der Waals surface area contributed by atoms with E-state index in [1.807, 2.05) is 18.2 Å². The summed E-state index contributed by atoms with van der Waals surface area (Å²) in [7, 11) is 0. The molecule has 1 N–H and O–H groups in total. The van der Waals surface area contributed by atoms with E-state index >= 15 is 0 Å². The zero-order chi connectivity index (χ0) is 18.2. The van der Waals surface area contributed by atoms with Crippen molar-refractivity contribution >= 4 is 17.0 Å². The Bertz CT molecular complexity index is 1000. The molecule has 3 aromatic rings. The van der Waals surface area contributed by atoms with Crippen molar-refractivity contribution in [1.29, 1.82) is 5.26 Å². The Morgan fingerprint density at radius 3 is 2.96 bits per heavy atom. The minimum Gasteiger partial charge on any atom is -0.341 e. The fourth-order valence-corrected chi connectivity index (χ4v) is 4.42. The Morgan fingerprint density at radius 1 is 1.19 bits per heavy atom. The number of imidazole rings is 1. The molecule has 2 aliphatic rings. The second kappa shape index (κ2) is 6.67. The van der Waals surface area contributed by atoms with E-state index in [0.717, 1.165) is 48.2 Å². The van der Waals surface area contributed by atoms with Gasteiger partial charge in [-0.25, -0.2) is 4.98 Å². The minimum absolute atomic E-state index is 0.569. The summed E-state index contributed by atoms with van der Waals surface area (Å²) in [5.41, 5.74) is 3.67. The first kappa shape index (κ1) is 16.3. The molecule has 136 valence electrons. The first-order chi connectivity index (χ1) is 13.3. The van der Waals surface area contributed by atoms with Gasteiger partial charge in [0.05, 0.1) is 28.8 Å². The van der Waals surface area contributed by atoms with Crippen LogP contribution >= 0.6 is 0 Å². The van der Waals surface area contributed by atoms with E-state index < -0.39 is 0 Å². The number of piperidine rings is 1. The molecule has 0 saturated carbocycles. The zero-order valence-electron chi connectivity index (χ0n) is 15.2. The normalized spacial score (nSPS) is 22.0. The molecule has 6 nitrogen and oxygen atoms in total. The molecule has 6 heteroatoms. The molecule has 1 aromatic carbocycles. The lowest BCUT2D eigenvalue weighted by Crippen LogP contribution is -2.47. The van der Waals surface area contributed by atoms with E-state index in [2.05, 4.69) is 44.0 Å². The molecule has 1 unspecified atom stereocenters. The Balaban J connectivity index is 1.51. The van der Waals surface area contributed by atoms with E-state index in [-0.39, 0.29) is 0 Å². The van der Waals surface area contributed by atoms with Gasteiger partial charge in [0.25, 0.3) is 0 Å². The molecule has 0 radical (unpaired) electrons. The molecule has 4 heterocycles. The predicted octanol–water partition coefficient (Wildman–Crippen LogP) is 2.54. The van der Waals surface area contributed by atoms with E-state index in [1.165, 1.54) is 12.8 Å². The van der Waals surface area contributed by atoms with Crippen LogP contribution in [0.15, 0.2) is 42.6 Å². The maximum atomic E-state index is 9.00.